The van der Waals surface area contributed by atoms with Gasteiger partial charge in [-0.25, -0.2) is 13.2 Å². The van der Waals surface area contributed by atoms with E-state index in [2.05, 4.69) is 4.98 Å². The largest absolute Gasteiger partial charge is 0.496 e. The van der Waals surface area contributed by atoms with Crippen molar-refractivity contribution >= 4 is 22.8 Å². The third kappa shape index (κ3) is 4.58. The minimum absolute atomic E-state index is 0.375. The van der Waals surface area contributed by atoms with Crippen molar-refractivity contribution in [2.45, 2.75) is 4.90 Å². The van der Waals surface area contributed by atoms with Crippen LogP contribution in [0.25, 0.3) is 33.2 Å². The molecule has 1 aromatic heterocycles. The number of aromatic nitrogens is 1. The summed E-state index contributed by atoms with van der Waals surface area (Å²) in [5, 5.41) is 1.47. The molecule has 0 saturated carbocycles. The van der Waals surface area contributed by atoms with Crippen molar-refractivity contribution < 1.29 is 30.9 Å². The van der Waals surface area contributed by atoms with Crippen LogP contribution in [0.5, 0.6) is 11.5 Å². The molecule has 0 unspecified atom stereocenters. The quantitative estimate of drug-likeness (QED) is 0.0965. The van der Waals surface area contributed by atoms with Gasteiger partial charge in [-0.1, -0.05) is 42.5 Å². The van der Waals surface area contributed by atoms with E-state index < -0.39 is 34.8 Å². The summed E-state index contributed by atoms with van der Waals surface area (Å²) in [6, 6.07) is 22.4. The van der Waals surface area contributed by atoms with Crippen molar-refractivity contribution in [2.75, 3.05) is 7.11 Å². The predicted octanol–water partition coefficient (Wildman–Crippen LogP) is 8.36. The highest BCUT2D eigenvalue weighted by molar-refractivity contribution is 7.95. The number of benzene rings is 4. The number of ether oxygens (including phenoxy) is 1. The molecule has 0 atom stereocenters. The van der Waals surface area contributed by atoms with Gasteiger partial charge in [-0.3, -0.25) is 4.98 Å². The lowest BCUT2D eigenvalue weighted by molar-refractivity contribution is 0.355. The second-order valence-electron chi connectivity index (χ2n) is 7.89. The molecule has 0 aliphatic rings. The van der Waals surface area contributed by atoms with Gasteiger partial charge in [-0.05, 0) is 46.8 Å². The molecule has 5 aromatic rings. The van der Waals surface area contributed by atoms with Crippen LogP contribution in [-0.4, -0.2) is 12.1 Å². The van der Waals surface area contributed by atoms with E-state index in [9.17, 15) is 22.0 Å². The van der Waals surface area contributed by atoms with Crippen LogP contribution in [0.3, 0.4) is 0 Å². The van der Waals surface area contributed by atoms with Gasteiger partial charge in [-0.2, -0.15) is 8.78 Å². The van der Waals surface area contributed by atoms with Crippen LogP contribution in [-0.2, 0) is 0 Å². The van der Waals surface area contributed by atoms with Gasteiger partial charge in [0.1, 0.15) is 5.75 Å². The van der Waals surface area contributed by atoms with Crippen molar-refractivity contribution in [1.29, 1.82) is 0 Å². The summed E-state index contributed by atoms with van der Waals surface area (Å²) < 4.78 is 78.6. The Hall–Kier alpha value is -4.11. The molecule has 0 saturated heterocycles. The molecule has 9 heteroatoms. The van der Waals surface area contributed by atoms with Gasteiger partial charge in [0.05, 0.1) is 24.8 Å². The molecule has 0 radical (unpaired) electrons. The zero-order valence-corrected chi connectivity index (χ0v) is 19.9. The third-order valence-electron chi connectivity index (χ3n) is 5.69. The number of fused-ring (bicyclic) bond motifs is 1. The lowest BCUT2D eigenvalue weighted by atomic mass is 9.99. The van der Waals surface area contributed by atoms with Crippen LogP contribution in [0.1, 0.15) is 0 Å². The van der Waals surface area contributed by atoms with E-state index in [1.807, 2.05) is 48.5 Å². The maximum absolute atomic E-state index is 13.9. The normalized spacial score (nSPS) is 11.1. The number of pyridine rings is 1. The highest BCUT2D eigenvalue weighted by Gasteiger charge is 2.27. The Kier molecular flexibility index (Phi) is 6.71. The molecule has 4 aromatic carbocycles. The van der Waals surface area contributed by atoms with Gasteiger partial charge in [-0.15, -0.1) is 0 Å². The molecule has 5 rings (SSSR count). The molecule has 0 amide bonds. The Labute approximate surface area is 212 Å². The Balaban J connectivity index is 1.47. The van der Waals surface area contributed by atoms with Crippen LogP contribution in [0, 0.1) is 29.1 Å². The Morgan fingerprint density at radius 2 is 1.41 bits per heavy atom. The molecule has 0 N–H and O–H groups in total. The zero-order valence-electron chi connectivity index (χ0n) is 19.1. The Bertz CT molecular complexity index is 1600. The monoisotopic (exact) mass is 525 g/mol. The van der Waals surface area contributed by atoms with E-state index in [0.717, 1.165) is 22.1 Å². The van der Waals surface area contributed by atoms with Crippen LogP contribution >= 0.6 is 12.0 Å². The summed E-state index contributed by atoms with van der Waals surface area (Å²) in [6.07, 6.45) is 1.60. The summed E-state index contributed by atoms with van der Waals surface area (Å²) in [7, 11) is 1.57. The van der Waals surface area contributed by atoms with Crippen molar-refractivity contribution in [2.24, 2.45) is 0 Å². The molecule has 186 valence electrons. The summed E-state index contributed by atoms with van der Waals surface area (Å²) in [6.45, 7) is 0. The first kappa shape index (κ1) is 24.6. The molecule has 1 heterocycles. The van der Waals surface area contributed by atoms with E-state index in [0.29, 0.717) is 33.8 Å². The summed E-state index contributed by atoms with van der Waals surface area (Å²) in [5.41, 5.74) is 3.41. The summed E-state index contributed by atoms with van der Waals surface area (Å²) in [5.74, 6) is -11.2. The average molecular weight is 525 g/mol. The number of hydrogen-bond acceptors (Lipinski definition) is 4. The Morgan fingerprint density at radius 1 is 0.703 bits per heavy atom. The van der Waals surface area contributed by atoms with Gasteiger partial charge < -0.3 is 8.92 Å². The maximum Gasteiger partial charge on any atom is 0.215 e. The highest BCUT2D eigenvalue weighted by Crippen LogP contribution is 2.38. The van der Waals surface area contributed by atoms with Crippen LogP contribution in [0.4, 0.5) is 22.0 Å². The topological polar surface area (TPSA) is 31.4 Å². The minimum Gasteiger partial charge on any atom is -0.496 e. The van der Waals surface area contributed by atoms with Gasteiger partial charge in [0, 0.05) is 22.0 Å². The molecule has 37 heavy (non-hydrogen) atoms. The fraction of sp³-hybridized carbons (Fsp3) is 0.0357. The Morgan fingerprint density at radius 3 is 2.11 bits per heavy atom. The van der Waals surface area contributed by atoms with Crippen LogP contribution < -0.4 is 8.92 Å². The van der Waals surface area contributed by atoms with Crippen molar-refractivity contribution in [3.8, 4) is 33.9 Å². The highest BCUT2D eigenvalue weighted by atomic mass is 32.2. The number of halogens is 5. The van der Waals surface area contributed by atoms with Crippen molar-refractivity contribution in [1.82, 2.24) is 4.98 Å². The van der Waals surface area contributed by atoms with Crippen molar-refractivity contribution in [3.05, 3.63) is 108 Å². The van der Waals surface area contributed by atoms with E-state index in [4.69, 9.17) is 8.92 Å². The molecule has 0 fully saturated rings. The second kappa shape index (κ2) is 10.1. The molecule has 0 bridgehead atoms. The zero-order chi connectivity index (χ0) is 26.1. The smallest absolute Gasteiger partial charge is 0.215 e. The number of methoxy groups -OCH3 is 1. The minimum atomic E-state index is -2.25. The van der Waals surface area contributed by atoms with Crippen LogP contribution in [0.15, 0.2) is 83.9 Å². The van der Waals surface area contributed by atoms with E-state index in [1.54, 1.807) is 37.6 Å². The first-order chi connectivity index (χ1) is 17.9. The van der Waals surface area contributed by atoms with Gasteiger partial charge in [0.25, 0.3) is 0 Å². The van der Waals surface area contributed by atoms with Gasteiger partial charge in [0.2, 0.25) is 34.8 Å². The number of nitrogens with zero attached hydrogens (tertiary/aromatic N) is 1. The summed E-state index contributed by atoms with van der Waals surface area (Å²) in [4.78, 5) is 4.90. The maximum atomic E-state index is 13.9. The SMILES string of the molecule is COc1cc(-c2ccccc2)ccc1-c1nccc2cc(SOc3c(F)c(F)c(F)c(F)c3F)ccc12. The van der Waals surface area contributed by atoms with Gasteiger partial charge in [0.15, 0.2) is 0 Å². The van der Waals surface area contributed by atoms with E-state index >= 15 is 0 Å². The molecular weight excluding hydrogens is 509 g/mol. The third-order valence-corrected chi connectivity index (χ3v) is 6.39. The standard InChI is InChI=1S/C28H16F5NO2S/c1-35-21-14-16(15-5-3-2-4-6-15)7-9-20(21)27-19-10-8-18(13-17(19)11-12-34-27)37-36-28-25(32)23(30)22(29)24(31)26(28)33/h2-14H,1H3. The number of rotatable bonds is 6. The van der Waals surface area contributed by atoms with Crippen molar-refractivity contribution in [3.63, 3.8) is 0 Å². The molecular formula is C28H16F5NO2S. The second-order valence-corrected chi connectivity index (χ2v) is 8.69. The van der Waals surface area contributed by atoms with E-state index in [-0.39, 0.29) is 0 Å². The molecule has 0 aliphatic heterocycles. The predicted molar refractivity (Wildman–Crippen MR) is 132 cm³/mol. The lowest BCUT2D eigenvalue weighted by Crippen LogP contribution is -2.03. The molecule has 0 spiro atoms. The average Bonchev–Trinajstić information content (AvgIpc) is 2.94. The van der Waals surface area contributed by atoms with Crippen LogP contribution in [0.2, 0.25) is 0 Å². The van der Waals surface area contributed by atoms with E-state index in [1.165, 1.54) is 0 Å². The number of hydrogen-bond donors (Lipinski definition) is 0. The van der Waals surface area contributed by atoms with Gasteiger partial charge >= 0.3 is 0 Å². The first-order valence-electron chi connectivity index (χ1n) is 10.9. The molecule has 0 aliphatic carbocycles. The fourth-order valence-electron chi connectivity index (χ4n) is 3.87. The fourth-order valence-corrected chi connectivity index (χ4v) is 4.49. The lowest BCUT2D eigenvalue weighted by Gasteiger charge is -2.13. The summed E-state index contributed by atoms with van der Waals surface area (Å²) >= 11 is 0.468. The first-order valence-corrected chi connectivity index (χ1v) is 11.6. The molecule has 3 nitrogen and oxygen atoms in total.